The van der Waals surface area contributed by atoms with Crippen LogP contribution in [0.15, 0.2) is 0 Å². The van der Waals surface area contributed by atoms with Crippen molar-refractivity contribution >= 4 is 11.9 Å². The second-order valence-electron chi connectivity index (χ2n) is 14.1. The lowest BCUT2D eigenvalue weighted by Crippen LogP contribution is -2.38. The molecule has 4 nitrogen and oxygen atoms in total. The predicted octanol–water partition coefficient (Wildman–Crippen LogP) is 13.5. The maximum absolute atomic E-state index is 13.9. The van der Waals surface area contributed by atoms with Gasteiger partial charge >= 0.3 is 11.9 Å². The first-order valence-corrected chi connectivity index (χ1v) is 19.9. The molecule has 0 aliphatic heterocycles. The van der Waals surface area contributed by atoms with E-state index in [0.29, 0.717) is 6.42 Å². The molecule has 0 rings (SSSR count). The normalized spacial score (nSPS) is 12.5. The van der Waals surface area contributed by atoms with Crippen molar-refractivity contribution in [2.75, 3.05) is 0 Å². The van der Waals surface area contributed by atoms with Gasteiger partial charge in [0, 0.05) is 6.42 Å². The number of carbonyl (C=O) groups excluding carboxylic acids is 1. The summed E-state index contributed by atoms with van der Waals surface area (Å²) >= 11 is 0. The van der Waals surface area contributed by atoms with Crippen LogP contribution in [0, 0.1) is 5.92 Å². The highest BCUT2D eigenvalue weighted by Gasteiger charge is 2.35. The van der Waals surface area contributed by atoms with Gasteiger partial charge in [-0.05, 0) is 57.8 Å². The van der Waals surface area contributed by atoms with E-state index in [9.17, 15) is 9.59 Å². The lowest BCUT2D eigenvalue weighted by molar-refractivity contribution is -0.169. The molecule has 0 fully saturated rings. The Morgan fingerprint density at radius 3 is 1.20 bits per heavy atom. The summed E-state index contributed by atoms with van der Waals surface area (Å²) in [4.78, 5) is 24.9. The number of unbranched alkanes of at least 4 members (excludes halogenated alkanes) is 21. The van der Waals surface area contributed by atoms with E-state index in [2.05, 4.69) is 27.7 Å². The van der Waals surface area contributed by atoms with Crippen molar-refractivity contribution in [2.24, 2.45) is 5.92 Å². The van der Waals surface area contributed by atoms with Crippen molar-refractivity contribution in [3.8, 4) is 0 Å². The van der Waals surface area contributed by atoms with Crippen molar-refractivity contribution in [3.63, 3.8) is 0 Å². The van der Waals surface area contributed by atoms with Gasteiger partial charge < -0.3 is 9.84 Å². The maximum atomic E-state index is 13.9. The Morgan fingerprint density at radius 1 is 0.477 bits per heavy atom. The fourth-order valence-corrected chi connectivity index (χ4v) is 6.71. The van der Waals surface area contributed by atoms with E-state index in [1.807, 2.05) is 0 Å². The molecular formula is C40H78O4. The molecule has 0 amide bonds. The molecule has 262 valence electrons. The largest absolute Gasteiger partial charge is 0.481 e. The number of rotatable bonds is 35. The molecule has 1 unspecified atom stereocenters. The molecule has 0 spiro atoms. The van der Waals surface area contributed by atoms with Crippen LogP contribution in [0.1, 0.15) is 233 Å². The second-order valence-corrected chi connectivity index (χ2v) is 14.1. The van der Waals surface area contributed by atoms with Gasteiger partial charge in [0.2, 0.25) is 0 Å². The summed E-state index contributed by atoms with van der Waals surface area (Å²) in [6.45, 7) is 9.03. The van der Waals surface area contributed by atoms with Crippen molar-refractivity contribution < 1.29 is 19.4 Å². The summed E-state index contributed by atoms with van der Waals surface area (Å²) in [6, 6.07) is 0. The minimum Gasteiger partial charge on any atom is -0.481 e. The van der Waals surface area contributed by atoms with Gasteiger partial charge in [0.25, 0.3) is 0 Å². The van der Waals surface area contributed by atoms with E-state index in [1.54, 1.807) is 0 Å². The molecule has 0 radical (unpaired) electrons. The van der Waals surface area contributed by atoms with Crippen LogP contribution in [0.5, 0.6) is 0 Å². The van der Waals surface area contributed by atoms with E-state index in [0.717, 1.165) is 57.8 Å². The molecule has 0 aliphatic carbocycles. The van der Waals surface area contributed by atoms with E-state index in [-0.39, 0.29) is 23.9 Å². The SMILES string of the molecule is CCCCCCCCCCCC(CCCCCCCC)(CCCCCCCC)OC(=O)C(CCCC)CCCCCC(=O)O. The van der Waals surface area contributed by atoms with Gasteiger partial charge in [-0.1, -0.05) is 169 Å². The summed E-state index contributed by atoms with van der Waals surface area (Å²) in [5, 5.41) is 9.00. The van der Waals surface area contributed by atoms with Crippen LogP contribution in [-0.2, 0) is 14.3 Å². The van der Waals surface area contributed by atoms with Crippen molar-refractivity contribution in [3.05, 3.63) is 0 Å². The molecule has 44 heavy (non-hydrogen) atoms. The zero-order chi connectivity index (χ0) is 32.6. The Kier molecular flexibility index (Phi) is 31.1. The summed E-state index contributed by atoms with van der Waals surface area (Å²) < 4.78 is 6.79. The van der Waals surface area contributed by atoms with E-state index in [4.69, 9.17) is 9.84 Å². The van der Waals surface area contributed by atoms with E-state index in [1.165, 1.54) is 135 Å². The third-order valence-corrected chi connectivity index (χ3v) is 9.71. The molecule has 4 heteroatoms. The lowest BCUT2D eigenvalue weighted by atomic mass is 9.84. The van der Waals surface area contributed by atoms with Gasteiger partial charge in [-0.3, -0.25) is 9.59 Å². The van der Waals surface area contributed by atoms with Crippen LogP contribution in [0.3, 0.4) is 0 Å². The number of carbonyl (C=O) groups is 2. The molecule has 0 aliphatic rings. The third kappa shape index (κ3) is 26.2. The summed E-state index contributed by atoms with van der Waals surface area (Å²) in [5.41, 5.74) is -0.304. The zero-order valence-corrected chi connectivity index (χ0v) is 30.4. The van der Waals surface area contributed by atoms with Crippen LogP contribution >= 0.6 is 0 Å². The minimum atomic E-state index is -0.724. The number of ether oxygens (including phenoxy) is 1. The van der Waals surface area contributed by atoms with Gasteiger partial charge in [-0.25, -0.2) is 0 Å². The molecule has 0 aromatic rings. The zero-order valence-electron chi connectivity index (χ0n) is 30.4. The van der Waals surface area contributed by atoms with Crippen molar-refractivity contribution in [1.82, 2.24) is 0 Å². The fraction of sp³-hybridized carbons (Fsp3) is 0.950. The smallest absolute Gasteiger partial charge is 0.309 e. The molecular weight excluding hydrogens is 544 g/mol. The molecule has 0 aromatic heterocycles. The highest BCUT2D eigenvalue weighted by atomic mass is 16.6. The molecule has 0 bridgehead atoms. The average molecular weight is 623 g/mol. The first kappa shape index (κ1) is 42.9. The predicted molar refractivity (Wildman–Crippen MR) is 190 cm³/mol. The fourth-order valence-electron chi connectivity index (χ4n) is 6.71. The summed E-state index contributed by atoms with van der Waals surface area (Å²) in [6.07, 6.45) is 36.8. The van der Waals surface area contributed by atoms with Crippen LogP contribution in [0.25, 0.3) is 0 Å². The molecule has 0 aromatic carbocycles. The quantitative estimate of drug-likeness (QED) is 0.0564. The Morgan fingerprint density at radius 2 is 0.818 bits per heavy atom. The van der Waals surface area contributed by atoms with Crippen LogP contribution in [-0.4, -0.2) is 22.6 Å². The number of esters is 1. The van der Waals surface area contributed by atoms with Crippen LogP contribution < -0.4 is 0 Å². The maximum Gasteiger partial charge on any atom is 0.309 e. The third-order valence-electron chi connectivity index (χ3n) is 9.71. The monoisotopic (exact) mass is 623 g/mol. The van der Waals surface area contributed by atoms with Gasteiger partial charge in [-0.2, -0.15) is 0 Å². The number of hydrogen-bond donors (Lipinski definition) is 1. The summed E-state index contributed by atoms with van der Waals surface area (Å²) in [7, 11) is 0. The number of carboxylic acid groups (broad SMARTS) is 1. The van der Waals surface area contributed by atoms with Crippen molar-refractivity contribution in [2.45, 2.75) is 239 Å². The van der Waals surface area contributed by atoms with Gasteiger partial charge in [0.05, 0.1) is 5.92 Å². The highest BCUT2D eigenvalue weighted by Crippen LogP contribution is 2.35. The molecule has 0 saturated heterocycles. The lowest BCUT2D eigenvalue weighted by Gasteiger charge is -2.36. The first-order valence-electron chi connectivity index (χ1n) is 19.9. The molecule has 1 atom stereocenters. The van der Waals surface area contributed by atoms with E-state index >= 15 is 0 Å². The molecule has 0 heterocycles. The number of carboxylic acids is 1. The topological polar surface area (TPSA) is 63.6 Å². The first-order chi connectivity index (χ1) is 21.4. The van der Waals surface area contributed by atoms with Gasteiger partial charge in [-0.15, -0.1) is 0 Å². The average Bonchev–Trinajstić information content (AvgIpc) is 3.01. The van der Waals surface area contributed by atoms with Crippen LogP contribution in [0.4, 0.5) is 0 Å². The second kappa shape index (κ2) is 31.9. The minimum absolute atomic E-state index is 0.0450. The standard InChI is InChI=1S/C40H78O4/c1-5-9-13-16-19-20-21-24-30-36-40(34-28-22-17-14-10-6-2,35-29-23-18-15-11-7-3)44-39(43)37(31-12-8-4)32-26-25-27-33-38(41)42/h37H,5-36H2,1-4H3,(H,41,42). The van der Waals surface area contributed by atoms with Gasteiger partial charge in [0.15, 0.2) is 0 Å². The number of hydrogen-bond acceptors (Lipinski definition) is 3. The molecule has 1 N–H and O–H groups in total. The Bertz CT molecular complexity index is 615. The highest BCUT2D eigenvalue weighted by molar-refractivity contribution is 5.73. The number of aliphatic carboxylic acids is 1. The Hall–Kier alpha value is -1.06. The van der Waals surface area contributed by atoms with Crippen LogP contribution in [0.2, 0.25) is 0 Å². The van der Waals surface area contributed by atoms with Gasteiger partial charge in [0.1, 0.15) is 5.60 Å². The van der Waals surface area contributed by atoms with Crippen molar-refractivity contribution in [1.29, 1.82) is 0 Å². The summed E-state index contributed by atoms with van der Waals surface area (Å²) in [5.74, 6) is -0.724. The van der Waals surface area contributed by atoms with E-state index < -0.39 is 5.97 Å². The Balaban J connectivity index is 5.46. The Labute approximate surface area is 275 Å². The molecule has 0 saturated carbocycles.